The van der Waals surface area contributed by atoms with Crippen LogP contribution in [0.4, 0.5) is 0 Å². The lowest BCUT2D eigenvalue weighted by Gasteiger charge is -1.97. The van der Waals surface area contributed by atoms with Crippen LogP contribution >= 0.6 is 0 Å². The summed E-state index contributed by atoms with van der Waals surface area (Å²) in [6, 6.07) is 4.28. The standard InChI is InChI=1S/C10H12N2/c1-7-4-10-5-8(2)11-6-12(10)9(7)3/h4-6H,1-3H3. The van der Waals surface area contributed by atoms with Crippen molar-refractivity contribution in [1.82, 2.24) is 9.38 Å². The zero-order valence-electron chi connectivity index (χ0n) is 7.63. The summed E-state index contributed by atoms with van der Waals surface area (Å²) in [7, 11) is 0. The molecule has 2 aromatic rings. The average molecular weight is 160 g/mol. The monoisotopic (exact) mass is 160 g/mol. The highest BCUT2D eigenvalue weighted by Gasteiger charge is 2.01. The van der Waals surface area contributed by atoms with Crippen LogP contribution < -0.4 is 0 Å². The highest BCUT2D eigenvalue weighted by atomic mass is 15.0. The van der Waals surface area contributed by atoms with Crippen molar-refractivity contribution in [1.29, 1.82) is 0 Å². The molecule has 0 aliphatic carbocycles. The van der Waals surface area contributed by atoms with Crippen molar-refractivity contribution in [2.75, 3.05) is 0 Å². The van der Waals surface area contributed by atoms with E-state index in [4.69, 9.17) is 0 Å². The number of nitrogens with zero attached hydrogens (tertiary/aromatic N) is 2. The molecule has 2 rings (SSSR count). The predicted molar refractivity (Wildman–Crippen MR) is 49.4 cm³/mol. The average Bonchev–Trinajstić information content (AvgIpc) is 2.28. The zero-order chi connectivity index (χ0) is 8.72. The van der Waals surface area contributed by atoms with E-state index < -0.39 is 0 Å². The van der Waals surface area contributed by atoms with E-state index in [-0.39, 0.29) is 0 Å². The molecule has 0 saturated heterocycles. The lowest BCUT2D eigenvalue weighted by molar-refractivity contribution is 1.01. The highest BCUT2D eigenvalue weighted by Crippen LogP contribution is 2.14. The molecule has 62 valence electrons. The van der Waals surface area contributed by atoms with Crippen LogP contribution in [0.2, 0.25) is 0 Å². The summed E-state index contributed by atoms with van der Waals surface area (Å²) in [4.78, 5) is 4.24. The summed E-state index contributed by atoms with van der Waals surface area (Å²) in [5, 5.41) is 0. The third-order valence-corrected chi connectivity index (χ3v) is 2.31. The van der Waals surface area contributed by atoms with Gasteiger partial charge in [0.15, 0.2) is 0 Å². The van der Waals surface area contributed by atoms with Crippen LogP contribution in [0.25, 0.3) is 5.52 Å². The molecule has 0 atom stereocenters. The Morgan fingerprint density at radius 3 is 2.67 bits per heavy atom. The summed E-state index contributed by atoms with van der Waals surface area (Å²) in [5.41, 5.74) is 4.90. The minimum Gasteiger partial charge on any atom is -0.305 e. The van der Waals surface area contributed by atoms with Crippen molar-refractivity contribution in [3.63, 3.8) is 0 Å². The van der Waals surface area contributed by atoms with Crippen molar-refractivity contribution in [2.45, 2.75) is 20.8 Å². The topological polar surface area (TPSA) is 17.3 Å². The molecular formula is C10H12N2. The number of aryl methyl sites for hydroxylation is 3. The van der Waals surface area contributed by atoms with Gasteiger partial charge in [-0.2, -0.15) is 0 Å². The van der Waals surface area contributed by atoms with Gasteiger partial charge in [0.25, 0.3) is 0 Å². The second-order valence-electron chi connectivity index (χ2n) is 3.24. The van der Waals surface area contributed by atoms with Crippen LogP contribution in [-0.4, -0.2) is 9.38 Å². The Morgan fingerprint density at radius 1 is 1.17 bits per heavy atom. The Bertz CT molecular complexity index is 427. The van der Waals surface area contributed by atoms with Crippen LogP contribution in [0.1, 0.15) is 17.0 Å². The molecule has 2 heterocycles. The molecule has 0 spiro atoms. The van der Waals surface area contributed by atoms with Gasteiger partial charge < -0.3 is 4.40 Å². The molecule has 0 saturated carbocycles. The maximum Gasteiger partial charge on any atom is 0.0996 e. The molecule has 0 radical (unpaired) electrons. The van der Waals surface area contributed by atoms with E-state index in [0.29, 0.717) is 0 Å². The lowest BCUT2D eigenvalue weighted by Crippen LogP contribution is -1.90. The zero-order valence-corrected chi connectivity index (χ0v) is 7.63. The molecule has 0 fully saturated rings. The lowest BCUT2D eigenvalue weighted by atomic mass is 10.3. The van der Waals surface area contributed by atoms with Gasteiger partial charge in [-0.05, 0) is 38.5 Å². The first kappa shape index (κ1) is 7.35. The fraction of sp³-hybridized carbons (Fsp3) is 0.300. The molecule has 2 heteroatoms. The first-order chi connectivity index (χ1) is 5.68. The van der Waals surface area contributed by atoms with Gasteiger partial charge in [0.05, 0.1) is 6.33 Å². The number of hydrogen-bond acceptors (Lipinski definition) is 1. The summed E-state index contributed by atoms with van der Waals surface area (Å²) >= 11 is 0. The van der Waals surface area contributed by atoms with E-state index in [0.717, 1.165) is 5.69 Å². The third kappa shape index (κ3) is 0.916. The second kappa shape index (κ2) is 2.34. The van der Waals surface area contributed by atoms with Crippen molar-refractivity contribution in [3.8, 4) is 0 Å². The second-order valence-corrected chi connectivity index (χ2v) is 3.24. The molecule has 0 aliphatic heterocycles. The first-order valence-corrected chi connectivity index (χ1v) is 4.09. The van der Waals surface area contributed by atoms with E-state index in [1.807, 2.05) is 13.3 Å². The number of aromatic nitrogens is 2. The Kier molecular flexibility index (Phi) is 1.43. The predicted octanol–water partition coefficient (Wildman–Crippen LogP) is 2.26. The summed E-state index contributed by atoms with van der Waals surface area (Å²) in [6.45, 7) is 6.24. The van der Waals surface area contributed by atoms with Crippen molar-refractivity contribution >= 4 is 5.52 Å². The van der Waals surface area contributed by atoms with Crippen LogP contribution in [0.5, 0.6) is 0 Å². The van der Waals surface area contributed by atoms with E-state index in [1.165, 1.54) is 16.8 Å². The maximum atomic E-state index is 4.24. The van der Waals surface area contributed by atoms with Gasteiger partial charge in [-0.15, -0.1) is 0 Å². The molecule has 0 unspecified atom stereocenters. The van der Waals surface area contributed by atoms with Crippen molar-refractivity contribution < 1.29 is 0 Å². The first-order valence-electron chi connectivity index (χ1n) is 4.09. The summed E-state index contributed by atoms with van der Waals surface area (Å²) in [6.07, 6.45) is 1.88. The van der Waals surface area contributed by atoms with E-state index in [1.54, 1.807) is 0 Å². The minimum absolute atomic E-state index is 1.07. The van der Waals surface area contributed by atoms with Gasteiger partial charge >= 0.3 is 0 Å². The Hall–Kier alpha value is -1.31. The fourth-order valence-electron chi connectivity index (χ4n) is 1.44. The van der Waals surface area contributed by atoms with Gasteiger partial charge in [0.1, 0.15) is 0 Å². The fourth-order valence-corrected chi connectivity index (χ4v) is 1.44. The Morgan fingerprint density at radius 2 is 1.92 bits per heavy atom. The van der Waals surface area contributed by atoms with Gasteiger partial charge in [0, 0.05) is 16.9 Å². The quantitative estimate of drug-likeness (QED) is 0.577. The summed E-state index contributed by atoms with van der Waals surface area (Å²) < 4.78 is 2.11. The third-order valence-electron chi connectivity index (χ3n) is 2.31. The molecule has 2 aromatic heterocycles. The number of hydrogen-bond donors (Lipinski definition) is 0. The van der Waals surface area contributed by atoms with Gasteiger partial charge in [-0.3, -0.25) is 0 Å². The molecule has 0 N–H and O–H groups in total. The number of rotatable bonds is 0. The molecule has 0 bridgehead atoms. The molecule has 2 nitrogen and oxygen atoms in total. The van der Waals surface area contributed by atoms with Crippen LogP contribution in [0.15, 0.2) is 18.5 Å². The molecule has 12 heavy (non-hydrogen) atoms. The molecule has 0 amide bonds. The normalized spacial score (nSPS) is 10.9. The molecule has 0 aromatic carbocycles. The van der Waals surface area contributed by atoms with Gasteiger partial charge in [0.2, 0.25) is 0 Å². The Balaban J connectivity index is 2.87. The summed E-state index contributed by atoms with van der Waals surface area (Å²) in [5.74, 6) is 0. The molecule has 0 aliphatic rings. The van der Waals surface area contributed by atoms with Crippen LogP contribution in [-0.2, 0) is 0 Å². The van der Waals surface area contributed by atoms with Crippen molar-refractivity contribution in [3.05, 3.63) is 35.4 Å². The van der Waals surface area contributed by atoms with Crippen molar-refractivity contribution in [2.24, 2.45) is 0 Å². The smallest absolute Gasteiger partial charge is 0.0996 e. The van der Waals surface area contributed by atoms with Gasteiger partial charge in [-0.1, -0.05) is 0 Å². The Labute approximate surface area is 71.9 Å². The van der Waals surface area contributed by atoms with E-state index in [9.17, 15) is 0 Å². The highest BCUT2D eigenvalue weighted by molar-refractivity contribution is 5.53. The SMILES string of the molecule is Cc1cc2cc(C)c(C)n2cn1. The molecular weight excluding hydrogens is 148 g/mol. The van der Waals surface area contributed by atoms with Crippen LogP contribution in [0.3, 0.4) is 0 Å². The maximum absolute atomic E-state index is 4.24. The largest absolute Gasteiger partial charge is 0.305 e. The van der Waals surface area contributed by atoms with Crippen LogP contribution in [0, 0.1) is 20.8 Å². The van der Waals surface area contributed by atoms with E-state index >= 15 is 0 Å². The minimum atomic E-state index is 1.07. The van der Waals surface area contributed by atoms with Gasteiger partial charge in [-0.25, -0.2) is 4.98 Å². The van der Waals surface area contributed by atoms with E-state index in [2.05, 4.69) is 35.4 Å². The number of fused-ring (bicyclic) bond motifs is 1.